The summed E-state index contributed by atoms with van der Waals surface area (Å²) >= 11 is 0. The number of hydrogen-bond acceptors (Lipinski definition) is 4. The Bertz CT molecular complexity index is 351. The standard InChI is InChI=1S/C16H28O6/c1-2-3-4-7-10-13(16(15(19)20)21-22-16)11-8-5-6-9-12-14(17)18/h13H,2-12H2,1H3,(H,17,18)(H,19,20). The van der Waals surface area contributed by atoms with Gasteiger partial charge in [-0.25, -0.2) is 4.79 Å². The van der Waals surface area contributed by atoms with Crippen LogP contribution in [0.1, 0.15) is 77.6 Å². The quantitative estimate of drug-likeness (QED) is 0.288. The van der Waals surface area contributed by atoms with Crippen molar-refractivity contribution in [3.63, 3.8) is 0 Å². The highest BCUT2D eigenvalue weighted by atomic mass is 17.4. The smallest absolute Gasteiger partial charge is 0.370 e. The van der Waals surface area contributed by atoms with E-state index in [0.717, 1.165) is 57.8 Å². The number of rotatable bonds is 14. The Morgan fingerprint density at radius 1 is 0.909 bits per heavy atom. The van der Waals surface area contributed by atoms with Crippen molar-refractivity contribution in [1.29, 1.82) is 0 Å². The van der Waals surface area contributed by atoms with Gasteiger partial charge < -0.3 is 10.2 Å². The summed E-state index contributed by atoms with van der Waals surface area (Å²) in [6, 6.07) is 0. The molecule has 0 aromatic heterocycles. The third kappa shape index (κ3) is 6.32. The second-order valence-corrected chi connectivity index (χ2v) is 6.03. The van der Waals surface area contributed by atoms with E-state index in [1.807, 2.05) is 0 Å². The van der Waals surface area contributed by atoms with E-state index in [1.165, 1.54) is 0 Å². The second kappa shape index (κ2) is 9.79. The van der Waals surface area contributed by atoms with Gasteiger partial charge in [-0.2, -0.15) is 9.78 Å². The highest BCUT2D eigenvalue weighted by Gasteiger charge is 2.62. The lowest BCUT2D eigenvalue weighted by Gasteiger charge is -2.17. The molecule has 1 unspecified atom stereocenters. The van der Waals surface area contributed by atoms with Gasteiger partial charge in [-0.3, -0.25) is 4.79 Å². The van der Waals surface area contributed by atoms with Crippen LogP contribution in [0.4, 0.5) is 0 Å². The van der Waals surface area contributed by atoms with E-state index >= 15 is 0 Å². The number of unbranched alkanes of at least 4 members (excludes halogenated alkanes) is 6. The fraction of sp³-hybridized carbons (Fsp3) is 0.875. The molecule has 1 rings (SSSR count). The van der Waals surface area contributed by atoms with Gasteiger partial charge >= 0.3 is 17.7 Å². The predicted octanol–water partition coefficient (Wildman–Crippen LogP) is 3.74. The Kier molecular flexibility index (Phi) is 8.42. The Morgan fingerprint density at radius 2 is 1.45 bits per heavy atom. The summed E-state index contributed by atoms with van der Waals surface area (Å²) in [5.74, 6) is -3.36. The molecule has 0 saturated carbocycles. The highest BCUT2D eigenvalue weighted by molar-refractivity contribution is 5.77. The lowest BCUT2D eigenvalue weighted by atomic mass is 9.88. The molecule has 0 bridgehead atoms. The van der Waals surface area contributed by atoms with Gasteiger partial charge in [0.25, 0.3) is 0 Å². The van der Waals surface area contributed by atoms with E-state index in [4.69, 9.17) is 14.9 Å². The van der Waals surface area contributed by atoms with Gasteiger partial charge in [0, 0.05) is 12.3 Å². The number of carboxylic acid groups (broad SMARTS) is 2. The first-order chi connectivity index (χ1) is 10.5. The van der Waals surface area contributed by atoms with Crippen molar-refractivity contribution in [2.45, 2.75) is 83.3 Å². The molecule has 0 aromatic rings. The number of hydrogen-bond donors (Lipinski definition) is 2. The van der Waals surface area contributed by atoms with Crippen molar-refractivity contribution in [3.8, 4) is 0 Å². The third-order valence-corrected chi connectivity index (χ3v) is 4.20. The molecular weight excluding hydrogens is 288 g/mol. The van der Waals surface area contributed by atoms with Gasteiger partial charge in [-0.15, -0.1) is 0 Å². The molecule has 0 amide bonds. The summed E-state index contributed by atoms with van der Waals surface area (Å²) < 4.78 is 0. The zero-order valence-electron chi connectivity index (χ0n) is 13.4. The molecule has 0 radical (unpaired) electrons. The Hall–Kier alpha value is -1.14. The largest absolute Gasteiger partial charge is 0.481 e. The van der Waals surface area contributed by atoms with Crippen LogP contribution < -0.4 is 0 Å². The molecule has 1 aliphatic rings. The fourth-order valence-corrected chi connectivity index (χ4v) is 2.79. The van der Waals surface area contributed by atoms with Crippen LogP contribution in [0.3, 0.4) is 0 Å². The van der Waals surface area contributed by atoms with Crippen LogP contribution in [0.2, 0.25) is 0 Å². The molecule has 1 fully saturated rings. The number of carboxylic acids is 2. The summed E-state index contributed by atoms with van der Waals surface area (Å²) in [5, 5.41) is 17.8. The summed E-state index contributed by atoms with van der Waals surface area (Å²) in [6.07, 6.45) is 9.44. The van der Waals surface area contributed by atoms with Gasteiger partial charge in [0.2, 0.25) is 0 Å². The van der Waals surface area contributed by atoms with E-state index in [-0.39, 0.29) is 12.3 Å². The molecule has 0 aliphatic carbocycles. The van der Waals surface area contributed by atoms with Crippen molar-refractivity contribution in [2.24, 2.45) is 5.92 Å². The molecule has 6 nitrogen and oxygen atoms in total. The van der Waals surface area contributed by atoms with Crippen molar-refractivity contribution in [2.75, 3.05) is 0 Å². The minimum Gasteiger partial charge on any atom is -0.481 e. The van der Waals surface area contributed by atoms with E-state index in [9.17, 15) is 14.7 Å². The Balaban J connectivity index is 2.29. The molecule has 2 N–H and O–H groups in total. The fourth-order valence-electron chi connectivity index (χ4n) is 2.79. The predicted molar refractivity (Wildman–Crippen MR) is 80.1 cm³/mol. The minimum absolute atomic E-state index is 0.124. The van der Waals surface area contributed by atoms with Crippen LogP contribution in [0.15, 0.2) is 0 Å². The van der Waals surface area contributed by atoms with Crippen LogP contribution in [0.25, 0.3) is 0 Å². The van der Waals surface area contributed by atoms with Crippen LogP contribution in [0, 0.1) is 5.92 Å². The van der Waals surface area contributed by atoms with Crippen molar-refractivity contribution >= 4 is 11.9 Å². The van der Waals surface area contributed by atoms with E-state index in [1.54, 1.807) is 0 Å². The van der Waals surface area contributed by atoms with Crippen molar-refractivity contribution in [1.82, 2.24) is 0 Å². The maximum absolute atomic E-state index is 11.3. The van der Waals surface area contributed by atoms with Gasteiger partial charge in [-0.05, 0) is 19.3 Å². The van der Waals surface area contributed by atoms with Gasteiger partial charge in [0.15, 0.2) is 0 Å². The van der Waals surface area contributed by atoms with E-state index < -0.39 is 17.7 Å². The SMILES string of the molecule is CCCCCCC(CCCCCCC(=O)O)C1(C(=O)O)OO1. The first-order valence-corrected chi connectivity index (χ1v) is 8.35. The molecule has 1 saturated heterocycles. The first-order valence-electron chi connectivity index (χ1n) is 8.35. The first kappa shape index (κ1) is 18.9. The van der Waals surface area contributed by atoms with E-state index in [2.05, 4.69) is 6.92 Å². The molecule has 6 heteroatoms. The Morgan fingerprint density at radius 3 is 1.91 bits per heavy atom. The monoisotopic (exact) mass is 316 g/mol. The van der Waals surface area contributed by atoms with Crippen molar-refractivity contribution < 1.29 is 29.6 Å². The molecule has 1 heterocycles. The normalized spacial score (nSPS) is 17.1. The average molecular weight is 316 g/mol. The lowest BCUT2D eigenvalue weighted by molar-refractivity contribution is -0.147. The topological polar surface area (TPSA) is 99.7 Å². The van der Waals surface area contributed by atoms with Gasteiger partial charge in [-0.1, -0.05) is 51.9 Å². The zero-order chi connectivity index (χ0) is 16.4. The molecule has 1 atom stereocenters. The number of aliphatic carboxylic acids is 2. The Labute approximate surface area is 131 Å². The molecular formula is C16H28O6. The summed E-state index contributed by atoms with van der Waals surface area (Å²) in [5.41, 5.74) is 0. The average Bonchev–Trinajstić information content (AvgIpc) is 3.26. The van der Waals surface area contributed by atoms with Gasteiger partial charge in [0.1, 0.15) is 0 Å². The summed E-state index contributed by atoms with van der Waals surface area (Å²) in [7, 11) is 0. The molecule has 22 heavy (non-hydrogen) atoms. The molecule has 0 aromatic carbocycles. The summed E-state index contributed by atoms with van der Waals surface area (Å²) in [6.45, 7) is 2.14. The van der Waals surface area contributed by atoms with Crippen LogP contribution >= 0.6 is 0 Å². The summed E-state index contributed by atoms with van der Waals surface area (Å²) in [4.78, 5) is 31.4. The maximum Gasteiger partial charge on any atom is 0.370 e. The second-order valence-electron chi connectivity index (χ2n) is 6.03. The zero-order valence-corrected chi connectivity index (χ0v) is 13.4. The van der Waals surface area contributed by atoms with Crippen LogP contribution in [0.5, 0.6) is 0 Å². The number of carbonyl (C=O) groups is 2. The third-order valence-electron chi connectivity index (χ3n) is 4.20. The molecule has 128 valence electrons. The minimum atomic E-state index is -1.42. The van der Waals surface area contributed by atoms with Gasteiger partial charge in [0.05, 0.1) is 0 Å². The lowest BCUT2D eigenvalue weighted by Crippen LogP contribution is -2.33. The van der Waals surface area contributed by atoms with Crippen molar-refractivity contribution in [3.05, 3.63) is 0 Å². The van der Waals surface area contributed by atoms with Crippen LogP contribution in [-0.2, 0) is 19.4 Å². The molecule has 0 spiro atoms. The maximum atomic E-state index is 11.3. The van der Waals surface area contributed by atoms with Crippen LogP contribution in [-0.4, -0.2) is 27.9 Å². The highest BCUT2D eigenvalue weighted by Crippen LogP contribution is 2.43. The molecule has 1 aliphatic heterocycles. The van der Waals surface area contributed by atoms with E-state index in [0.29, 0.717) is 6.42 Å².